The molecule has 134 valence electrons. The second-order valence-corrected chi connectivity index (χ2v) is 8.28. The zero-order valence-corrected chi connectivity index (χ0v) is 15.2. The molecule has 0 saturated carbocycles. The van der Waals surface area contributed by atoms with Crippen molar-refractivity contribution in [3.63, 3.8) is 0 Å². The highest BCUT2D eigenvalue weighted by Crippen LogP contribution is 2.60. The summed E-state index contributed by atoms with van der Waals surface area (Å²) in [6.45, 7) is 0. The van der Waals surface area contributed by atoms with E-state index >= 15 is 0 Å². The summed E-state index contributed by atoms with van der Waals surface area (Å²) in [6.07, 6.45) is 0. The molecule has 0 fully saturated rings. The predicted octanol–water partition coefficient (Wildman–Crippen LogP) is 3.02. The lowest BCUT2D eigenvalue weighted by atomic mass is 9.77. The minimum Gasteiger partial charge on any atom is -0.323 e. The number of anilines is 1. The zero-order valence-electron chi connectivity index (χ0n) is 14.3. The average Bonchev–Trinajstić information content (AvgIpc) is 3.22. The molecule has 1 amide bonds. The summed E-state index contributed by atoms with van der Waals surface area (Å²) in [5, 5.41) is 7.18. The van der Waals surface area contributed by atoms with E-state index < -0.39 is 19.1 Å². The first-order valence-corrected chi connectivity index (χ1v) is 9.64. The Bertz CT molecular complexity index is 938. The third-order valence-corrected chi connectivity index (χ3v) is 6.77. The summed E-state index contributed by atoms with van der Waals surface area (Å²) in [7, 11) is -1.04. The Morgan fingerprint density at radius 2 is 1.69 bits per heavy atom. The monoisotopic (exact) mass is 371 g/mol. The minimum absolute atomic E-state index is 0.181. The largest absolute Gasteiger partial charge is 0.377 e. The van der Waals surface area contributed by atoms with Crippen LogP contribution in [0.1, 0.15) is 17.0 Å². The maximum atomic E-state index is 13.1. The van der Waals surface area contributed by atoms with Crippen LogP contribution in [0.3, 0.4) is 0 Å². The number of benzene rings is 2. The highest BCUT2D eigenvalue weighted by Gasteiger charge is 2.61. The molecule has 0 radical (unpaired) electrons. The van der Waals surface area contributed by atoms with Gasteiger partial charge in [0.15, 0.2) is 11.0 Å². The van der Waals surface area contributed by atoms with Crippen molar-refractivity contribution >= 4 is 24.6 Å². The van der Waals surface area contributed by atoms with E-state index in [1.807, 2.05) is 54.6 Å². The molecule has 0 aliphatic carbocycles. The molecule has 0 bridgehead atoms. The van der Waals surface area contributed by atoms with Gasteiger partial charge in [0.05, 0.1) is 5.92 Å². The van der Waals surface area contributed by atoms with E-state index in [9.17, 15) is 9.36 Å². The summed E-state index contributed by atoms with van der Waals surface area (Å²) < 4.78 is 23.5. The number of amides is 1. The van der Waals surface area contributed by atoms with Crippen LogP contribution >= 0.6 is 7.60 Å². The molecule has 0 unspecified atom stereocenters. The second-order valence-electron chi connectivity index (χ2n) is 6.10. The number of fused-ring (bicyclic) bond motifs is 2. The molecule has 2 aromatic carbocycles. The number of nitrogens with one attached hydrogen (secondary N) is 2. The van der Waals surface area contributed by atoms with Crippen molar-refractivity contribution in [2.24, 2.45) is 5.10 Å². The SMILES string of the molecule is COP(=O)(OC)C1=NN[C@@]2(C(=O)Nc3ccccc32)[C@@H]1c1ccccc1. The Kier molecular flexibility index (Phi) is 3.95. The number of carbonyl (C=O) groups excluding carboxylic acids is 1. The Morgan fingerprint density at radius 1 is 1.04 bits per heavy atom. The van der Waals surface area contributed by atoms with E-state index in [0.717, 1.165) is 11.1 Å². The van der Waals surface area contributed by atoms with Gasteiger partial charge >= 0.3 is 7.60 Å². The van der Waals surface area contributed by atoms with Gasteiger partial charge in [-0.3, -0.25) is 14.8 Å². The number of nitrogens with zero attached hydrogens (tertiary/aromatic N) is 1. The number of hydrogen-bond acceptors (Lipinski definition) is 6. The van der Waals surface area contributed by atoms with Crippen LogP contribution in [0.5, 0.6) is 0 Å². The third kappa shape index (κ3) is 2.18. The standard InChI is InChI=1S/C18H18N3O4P/c1-24-26(23,25-2)16-15(12-8-4-3-5-9-12)18(21-20-16)13-10-6-7-11-14(13)19-17(18)22/h3-11,15,21H,1-2H3,(H,19,22)/t15-,18-/m1/s1. The summed E-state index contributed by atoms with van der Waals surface area (Å²) >= 11 is 0. The Labute approximate surface area is 150 Å². The first kappa shape index (κ1) is 17.0. The normalized spacial score (nSPS) is 24.2. The molecular weight excluding hydrogens is 353 g/mol. The molecule has 2 atom stereocenters. The first-order valence-electron chi connectivity index (χ1n) is 8.09. The summed E-state index contributed by atoms with van der Waals surface area (Å²) in [5.74, 6) is -0.900. The maximum Gasteiger partial charge on any atom is 0.377 e. The van der Waals surface area contributed by atoms with Crippen LogP contribution < -0.4 is 10.7 Å². The van der Waals surface area contributed by atoms with Crippen LogP contribution in [0.25, 0.3) is 0 Å². The second kappa shape index (κ2) is 6.06. The molecule has 2 heterocycles. The number of hydrazone groups is 1. The fraction of sp³-hybridized carbons (Fsp3) is 0.222. The average molecular weight is 371 g/mol. The molecule has 0 saturated heterocycles. The van der Waals surface area contributed by atoms with Crippen molar-refractivity contribution in [2.45, 2.75) is 11.5 Å². The molecular formula is C18H18N3O4P. The van der Waals surface area contributed by atoms with Gasteiger partial charge in [-0.15, -0.1) is 0 Å². The lowest BCUT2D eigenvalue weighted by Crippen LogP contribution is -2.48. The maximum absolute atomic E-state index is 13.1. The van der Waals surface area contributed by atoms with Crippen LogP contribution in [0, 0.1) is 0 Å². The smallest absolute Gasteiger partial charge is 0.323 e. The van der Waals surface area contributed by atoms with Crippen LogP contribution in [0.2, 0.25) is 0 Å². The molecule has 2 aliphatic rings. The van der Waals surface area contributed by atoms with E-state index in [1.165, 1.54) is 14.2 Å². The van der Waals surface area contributed by atoms with Crippen molar-refractivity contribution in [3.05, 3.63) is 65.7 Å². The van der Waals surface area contributed by atoms with Gasteiger partial charge in [0.2, 0.25) is 0 Å². The topological polar surface area (TPSA) is 89.0 Å². The molecule has 8 heteroatoms. The lowest BCUT2D eigenvalue weighted by molar-refractivity contribution is -0.121. The van der Waals surface area contributed by atoms with Gasteiger partial charge in [-0.1, -0.05) is 48.5 Å². The molecule has 7 nitrogen and oxygen atoms in total. The fourth-order valence-corrected chi connectivity index (χ4v) is 5.03. The van der Waals surface area contributed by atoms with Crippen molar-refractivity contribution in [2.75, 3.05) is 19.5 Å². The van der Waals surface area contributed by atoms with Crippen LogP contribution in [0.15, 0.2) is 59.7 Å². The molecule has 4 rings (SSSR count). The van der Waals surface area contributed by atoms with E-state index in [2.05, 4.69) is 15.8 Å². The van der Waals surface area contributed by atoms with Crippen molar-refractivity contribution in [1.29, 1.82) is 0 Å². The van der Waals surface area contributed by atoms with Gasteiger partial charge in [0.25, 0.3) is 5.91 Å². The third-order valence-electron chi connectivity index (χ3n) is 4.89. The highest BCUT2D eigenvalue weighted by molar-refractivity contribution is 7.72. The molecule has 0 aromatic heterocycles. The number of carbonyl (C=O) groups is 1. The van der Waals surface area contributed by atoms with Gasteiger partial charge in [0, 0.05) is 25.5 Å². The van der Waals surface area contributed by atoms with E-state index in [1.54, 1.807) is 0 Å². The Morgan fingerprint density at radius 3 is 2.38 bits per heavy atom. The van der Waals surface area contributed by atoms with Crippen LogP contribution in [-0.2, 0) is 23.9 Å². The molecule has 1 spiro atoms. The summed E-state index contributed by atoms with van der Waals surface area (Å²) in [5.41, 5.74) is 4.16. The fourth-order valence-electron chi connectivity index (χ4n) is 3.67. The van der Waals surface area contributed by atoms with Gasteiger partial charge < -0.3 is 14.4 Å². The van der Waals surface area contributed by atoms with E-state index in [4.69, 9.17) is 9.05 Å². The van der Waals surface area contributed by atoms with Gasteiger partial charge in [-0.05, 0) is 11.6 Å². The Hall–Kier alpha value is -2.47. The summed E-state index contributed by atoms with van der Waals surface area (Å²) in [6, 6.07) is 16.7. The highest BCUT2D eigenvalue weighted by atomic mass is 31.2. The van der Waals surface area contributed by atoms with Crippen molar-refractivity contribution < 1.29 is 18.4 Å². The van der Waals surface area contributed by atoms with Crippen LogP contribution in [0.4, 0.5) is 5.69 Å². The van der Waals surface area contributed by atoms with Crippen molar-refractivity contribution in [3.8, 4) is 0 Å². The molecule has 26 heavy (non-hydrogen) atoms. The molecule has 2 N–H and O–H groups in total. The molecule has 2 aromatic rings. The number of para-hydroxylation sites is 1. The molecule has 2 aliphatic heterocycles. The summed E-state index contributed by atoms with van der Waals surface area (Å²) in [4.78, 5) is 13.1. The van der Waals surface area contributed by atoms with Gasteiger partial charge in [-0.25, -0.2) is 0 Å². The first-order chi connectivity index (χ1) is 12.6. The number of hydrogen-bond donors (Lipinski definition) is 2. The van der Waals surface area contributed by atoms with E-state index in [0.29, 0.717) is 5.69 Å². The van der Waals surface area contributed by atoms with Gasteiger partial charge in [0.1, 0.15) is 0 Å². The van der Waals surface area contributed by atoms with E-state index in [-0.39, 0.29) is 11.4 Å². The lowest BCUT2D eigenvalue weighted by Gasteiger charge is -2.31. The number of rotatable bonds is 4. The van der Waals surface area contributed by atoms with Crippen molar-refractivity contribution in [1.82, 2.24) is 5.43 Å². The minimum atomic E-state index is -3.66. The Balaban J connectivity index is 1.95. The zero-order chi connectivity index (χ0) is 18.4. The van der Waals surface area contributed by atoms with Crippen LogP contribution in [-0.4, -0.2) is 25.6 Å². The van der Waals surface area contributed by atoms with Gasteiger partial charge in [-0.2, -0.15) is 5.10 Å². The predicted molar refractivity (Wildman–Crippen MR) is 98.1 cm³/mol. The quantitative estimate of drug-likeness (QED) is 0.807.